The molecule has 0 unspecified atom stereocenters. The smallest absolute Gasteiger partial charge is 0.252 e. The number of aliphatic hydroxyl groups excluding tert-OH is 1. The number of ether oxygens (including phenoxy) is 1. The summed E-state index contributed by atoms with van der Waals surface area (Å²) in [5.41, 5.74) is 5.54. The van der Waals surface area contributed by atoms with Gasteiger partial charge in [0.05, 0.1) is 23.3 Å². The lowest BCUT2D eigenvalue weighted by Gasteiger charge is -2.29. The third kappa shape index (κ3) is 6.72. The Bertz CT molecular complexity index is 1320. The van der Waals surface area contributed by atoms with E-state index in [4.69, 9.17) is 16.3 Å². The Balaban J connectivity index is 0.00000185. The zero-order chi connectivity index (χ0) is 26.1. The van der Waals surface area contributed by atoms with Crippen molar-refractivity contribution < 1.29 is 14.6 Å². The lowest BCUT2D eigenvalue weighted by atomic mass is 9.99. The molecule has 0 radical (unpaired) electrons. The van der Waals surface area contributed by atoms with Gasteiger partial charge in [-0.3, -0.25) is 9.69 Å². The van der Waals surface area contributed by atoms with Crippen LogP contribution in [-0.4, -0.2) is 71.2 Å². The van der Waals surface area contributed by atoms with Gasteiger partial charge < -0.3 is 25.0 Å². The lowest BCUT2D eigenvalue weighted by molar-refractivity contribution is 0.0800. The first kappa shape index (κ1) is 30.9. The number of amides is 1. The van der Waals surface area contributed by atoms with Crippen LogP contribution in [0.1, 0.15) is 60.0 Å². The highest BCUT2D eigenvalue weighted by molar-refractivity contribution is 6.34. The molecule has 3 aliphatic rings. The van der Waals surface area contributed by atoms with Gasteiger partial charge in [-0.25, -0.2) is 0 Å². The predicted octanol–water partition coefficient (Wildman–Crippen LogP) is 5.79. The number of hydrogen-bond donors (Lipinski definition) is 3. The molecule has 1 aromatic heterocycles. The summed E-state index contributed by atoms with van der Waals surface area (Å²) >= 11 is 6.74. The van der Waals surface area contributed by atoms with Crippen molar-refractivity contribution in [3.05, 3.63) is 52.0 Å². The fourth-order valence-corrected chi connectivity index (χ4v) is 6.37. The topological polar surface area (TPSA) is 80.8 Å². The second-order valence-electron chi connectivity index (χ2n) is 11.0. The maximum atomic E-state index is 12.8. The maximum Gasteiger partial charge on any atom is 0.252 e. The molecule has 3 aromatic rings. The summed E-state index contributed by atoms with van der Waals surface area (Å²) in [6, 6.07) is 10.7. The third-order valence-electron chi connectivity index (χ3n) is 8.24. The minimum Gasteiger partial charge on any atom is -0.492 e. The van der Waals surface area contributed by atoms with E-state index in [-0.39, 0.29) is 36.8 Å². The van der Waals surface area contributed by atoms with Crippen LogP contribution in [0.25, 0.3) is 22.2 Å². The number of hydrogen-bond acceptors (Lipinski definition) is 5. The van der Waals surface area contributed by atoms with Crippen LogP contribution in [0.5, 0.6) is 5.75 Å². The largest absolute Gasteiger partial charge is 0.492 e. The predicted molar refractivity (Wildman–Crippen MR) is 165 cm³/mol. The monoisotopic (exact) mass is 608 g/mol. The van der Waals surface area contributed by atoms with E-state index in [0.29, 0.717) is 29.5 Å². The summed E-state index contributed by atoms with van der Waals surface area (Å²) in [6.07, 6.45) is 6.30. The molecule has 0 spiro atoms. The van der Waals surface area contributed by atoms with Crippen LogP contribution < -0.4 is 10.1 Å². The Hall–Kier alpha value is -2.00. The summed E-state index contributed by atoms with van der Waals surface area (Å²) in [5, 5.41) is 14.3. The highest BCUT2D eigenvalue weighted by Crippen LogP contribution is 2.41. The highest BCUT2D eigenvalue weighted by Gasteiger charge is 2.29. The van der Waals surface area contributed by atoms with Gasteiger partial charge in [-0.15, -0.1) is 24.8 Å². The number of fused-ring (bicyclic) bond motifs is 2. The van der Waals surface area contributed by atoms with E-state index in [1.54, 1.807) is 0 Å². The van der Waals surface area contributed by atoms with E-state index in [1.807, 2.05) is 6.07 Å². The van der Waals surface area contributed by atoms with Crippen molar-refractivity contribution in [2.24, 2.45) is 0 Å². The minimum absolute atomic E-state index is 0. The molecule has 10 heteroatoms. The van der Waals surface area contributed by atoms with Crippen molar-refractivity contribution in [3.63, 3.8) is 0 Å². The molecule has 1 amide bonds. The van der Waals surface area contributed by atoms with Gasteiger partial charge in [0.25, 0.3) is 5.91 Å². The number of benzene rings is 2. The molecule has 4 heterocycles. The zero-order valence-corrected chi connectivity index (χ0v) is 25.1. The molecule has 2 aromatic carbocycles. The van der Waals surface area contributed by atoms with Gasteiger partial charge in [-0.1, -0.05) is 24.1 Å². The molecule has 3 N–H and O–H groups in total. The molecule has 2 saturated heterocycles. The molecule has 40 heavy (non-hydrogen) atoms. The van der Waals surface area contributed by atoms with Crippen molar-refractivity contribution in [2.75, 3.05) is 39.3 Å². The quantitative estimate of drug-likeness (QED) is 0.282. The molecule has 6 rings (SSSR count). The van der Waals surface area contributed by atoms with Gasteiger partial charge in [0.15, 0.2) is 0 Å². The normalized spacial score (nSPS) is 18.2. The van der Waals surface area contributed by atoms with E-state index in [2.05, 4.69) is 44.4 Å². The summed E-state index contributed by atoms with van der Waals surface area (Å²) in [4.78, 5) is 21.3. The van der Waals surface area contributed by atoms with E-state index >= 15 is 0 Å². The first-order valence-electron chi connectivity index (χ1n) is 14.1. The van der Waals surface area contributed by atoms with Gasteiger partial charge in [0.2, 0.25) is 0 Å². The Morgan fingerprint density at radius 2 is 1.77 bits per heavy atom. The molecule has 0 aliphatic carbocycles. The summed E-state index contributed by atoms with van der Waals surface area (Å²) in [5.74, 6) is 0.524. The Morgan fingerprint density at radius 3 is 2.55 bits per heavy atom. The number of nitrogens with one attached hydrogen (secondary N) is 2. The van der Waals surface area contributed by atoms with E-state index in [0.717, 1.165) is 73.2 Å². The van der Waals surface area contributed by atoms with Crippen molar-refractivity contribution in [3.8, 4) is 17.0 Å². The van der Waals surface area contributed by atoms with Gasteiger partial charge in [0, 0.05) is 60.4 Å². The van der Waals surface area contributed by atoms with E-state index < -0.39 is 0 Å². The van der Waals surface area contributed by atoms with Crippen molar-refractivity contribution in [2.45, 2.75) is 57.7 Å². The summed E-state index contributed by atoms with van der Waals surface area (Å²) < 4.78 is 6.18. The highest BCUT2D eigenvalue weighted by atomic mass is 35.5. The van der Waals surface area contributed by atoms with Crippen molar-refractivity contribution in [1.29, 1.82) is 0 Å². The summed E-state index contributed by atoms with van der Waals surface area (Å²) in [7, 11) is 0. The molecule has 0 bridgehead atoms. The van der Waals surface area contributed by atoms with Crippen LogP contribution in [0.15, 0.2) is 30.3 Å². The standard InChI is InChI=1S/C30H37ClN4O3.2ClH/c31-29-24-18-32-30(37)28(24)23(17-27(29)38-14-4-11-34-12-7-22(36)8-13-34)26-16-21-15-20(5-6-25(21)33-26)19-35-9-2-1-3-10-35;;/h5-6,15-17,22,33,36H,1-4,7-14,18-19H2,(H,32,37);2*1H. The first-order chi connectivity index (χ1) is 18.5. The number of halogens is 3. The molecular weight excluding hydrogens is 571 g/mol. The SMILES string of the molecule is Cl.Cl.O=C1NCc2c(Cl)c(OCCCN3CCC(O)CC3)cc(-c3cc4cc(CN5CCCCC5)ccc4[nH]3)c21. The van der Waals surface area contributed by atoms with Gasteiger partial charge in [-0.2, -0.15) is 0 Å². The fourth-order valence-electron chi connectivity index (χ4n) is 6.10. The minimum atomic E-state index is -0.159. The van der Waals surface area contributed by atoms with Crippen LogP contribution >= 0.6 is 36.4 Å². The van der Waals surface area contributed by atoms with Crippen LogP contribution in [0, 0.1) is 0 Å². The molecular formula is C30H39Cl3N4O3. The molecule has 218 valence electrons. The Labute approximate surface area is 253 Å². The van der Waals surface area contributed by atoms with Gasteiger partial charge in [0.1, 0.15) is 5.75 Å². The molecule has 7 nitrogen and oxygen atoms in total. The number of H-pyrrole nitrogens is 1. The first-order valence-corrected chi connectivity index (χ1v) is 14.4. The van der Waals surface area contributed by atoms with Gasteiger partial charge in [-0.05, 0) is 75.0 Å². The van der Waals surface area contributed by atoms with Crippen LogP contribution in [0.4, 0.5) is 0 Å². The van der Waals surface area contributed by atoms with Gasteiger partial charge >= 0.3 is 0 Å². The molecule has 0 saturated carbocycles. The number of carbonyl (C=O) groups is 1. The number of likely N-dealkylation sites (tertiary alicyclic amines) is 2. The lowest BCUT2D eigenvalue weighted by Crippen LogP contribution is -2.36. The summed E-state index contributed by atoms with van der Waals surface area (Å²) in [6.45, 7) is 7.07. The number of carbonyl (C=O) groups excluding carboxylic acids is 1. The Morgan fingerprint density at radius 1 is 1.00 bits per heavy atom. The van der Waals surface area contributed by atoms with Crippen molar-refractivity contribution in [1.82, 2.24) is 20.1 Å². The number of aliphatic hydroxyl groups is 1. The Kier molecular flexibility index (Phi) is 10.7. The number of aromatic amines is 1. The average Bonchev–Trinajstić information content (AvgIpc) is 3.53. The third-order valence-corrected chi connectivity index (χ3v) is 8.66. The van der Waals surface area contributed by atoms with Crippen LogP contribution in [0.3, 0.4) is 0 Å². The maximum absolute atomic E-state index is 12.8. The second-order valence-corrected chi connectivity index (χ2v) is 11.4. The van der Waals surface area contributed by atoms with Crippen LogP contribution in [-0.2, 0) is 13.1 Å². The van der Waals surface area contributed by atoms with E-state index in [1.165, 1.54) is 37.9 Å². The number of aromatic nitrogens is 1. The fraction of sp³-hybridized carbons (Fsp3) is 0.500. The number of piperidine rings is 2. The second kappa shape index (κ2) is 13.8. The van der Waals surface area contributed by atoms with Crippen LogP contribution in [0.2, 0.25) is 5.02 Å². The molecule has 0 atom stereocenters. The molecule has 2 fully saturated rings. The van der Waals surface area contributed by atoms with Crippen molar-refractivity contribution >= 4 is 53.2 Å². The zero-order valence-electron chi connectivity index (χ0n) is 22.7. The average molecular weight is 610 g/mol. The number of nitrogens with zero attached hydrogens (tertiary/aromatic N) is 2. The number of rotatable bonds is 8. The van der Waals surface area contributed by atoms with E-state index in [9.17, 15) is 9.90 Å². The molecule has 3 aliphatic heterocycles.